The van der Waals surface area contributed by atoms with Crippen LogP contribution in [0.3, 0.4) is 0 Å². The quantitative estimate of drug-likeness (QED) is 0.431. The molecule has 0 spiro atoms. The molecule has 0 bridgehead atoms. The van der Waals surface area contributed by atoms with E-state index in [2.05, 4.69) is 10.3 Å². The maximum atomic E-state index is 15.0. The summed E-state index contributed by atoms with van der Waals surface area (Å²) in [4.78, 5) is 4.34. The Hall–Kier alpha value is -4.08. The van der Waals surface area contributed by atoms with E-state index in [1.165, 1.54) is 10.5 Å². The molecule has 0 amide bonds. The maximum absolute atomic E-state index is 15.0. The van der Waals surface area contributed by atoms with Crippen molar-refractivity contribution in [3.05, 3.63) is 60.2 Å². The van der Waals surface area contributed by atoms with Crippen LogP contribution in [-0.4, -0.2) is 41.0 Å². The molecule has 5 rings (SSSR count). The first kappa shape index (κ1) is 20.8. The van der Waals surface area contributed by atoms with Crippen LogP contribution in [0.2, 0.25) is 0 Å². The molecular weight excluding hydrogens is 439 g/mol. The molecule has 0 saturated carbocycles. The molecule has 0 atom stereocenters. The second-order valence-corrected chi connectivity index (χ2v) is 7.17. The number of halogens is 3. The van der Waals surface area contributed by atoms with Gasteiger partial charge >= 0.3 is 0 Å². The minimum atomic E-state index is -0.947. The highest BCUT2D eigenvalue weighted by atomic mass is 19.1. The number of fused-ring (bicyclic) bond motifs is 2. The number of nitrogens with one attached hydrogen (secondary N) is 1. The number of nitrogens with zero attached hydrogens (tertiary/aromatic N) is 2. The Bertz CT molecular complexity index is 1320. The number of benzene rings is 2. The van der Waals surface area contributed by atoms with E-state index in [0.29, 0.717) is 30.4 Å². The van der Waals surface area contributed by atoms with Gasteiger partial charge in [0, 0.05) is 23.9 Å². The number of rotatable bonds is 6. The number of imidazole rings is 1. The topological polar surface area (TPSA) is 77.3 Å². The monoisotopic (exact) mass is 457 g/mol. The normalized spacial score (nSPS) is 12.7. The molecule has 1 aliphatic rings. The second-order valence-electron chi connectivity index (χ2n) is 7.17. The van der Waals surface area contributed by atoms with Crippen molar-refractivity contribution in [1.82, 2.24) is 9.38 Å². The van der Waals surface area contributed by atoms with Crippen LogP contribution in [0.1, 0.15) is 0 Å². The molecule has 3 heterocycles. The molecule has 170 valence electrons. The minimum Gasteiger partial charge on any atom is -0.494 e. The first-order valence-electron chi connectivity index (χ1n) is 10.1. The van der Waals surface area contributed by atoms with Gasteiger partial charge in [-0.25, -0.2) is 22.6 Å². The van der Waals surface area contributed by atoms with Gasteiger partial charge < -0.3 is 24.6 Å². The largest absolute Gasteiger partial charge is 0.494 e. The summed E-state index contributed by atoms with van der Waals surface area (Å²) in [6.45, 7) is -0.280. The molecule has 1 aliphatic heterocycles. The molecule has 0 radical (unpaired) electrons. The molecule has 7 nitrogen and oxygen atoms in total. The molecular formula is C23H18F3N3O4. The third kappa shape index (κ3) is 3.84. The molecule has 2 aromatic heterocycles. The van der Waals surface area contributed by atoms with E-state index in [1.54, 1.807) is 30.3 Å². The Morgan fingerprint density at radius 3 is 2.55 bits per heavy atom. The molecule has 4 aromatic rings. The van der Waals surface area contributed by atoms with Gasteiger partial charge in [0.1, 0.15) is 61.0 Å². The van der Waals surface area contributed by atoms with Gasteiger partial charge in [0.25, 0.3) is 0 Å². The van der Waals surface area contributed by atoms with Gasteiger partial charge in [-0.1, -0.05) is 6.07 Å². The average Bonchev–Trinajstić information content (AvgIpc) is 3.16. The van der Waals surface area contributed by atoms with Crippen molar-refractivity contribution in [1.29, 1.82) is 0 Å². The third-order valence-corrected chi connectivity index (χ3v) is 5.03. The van der Waals surface area contributed by atoms with Gasteiger partial charge in [-0.3, -0.25) is 0 Å². The summed E-state index contributed by atoms with van der Waals surface area (Å²) in [5, 5.41) is 13.5. The molecule has 10 heteroatoms. The van der Waals surface area contributed by atoms with Crippen molar-refractivity contribution in [2.45, 2.75) is 0 Å². The molecule has 0 unspecified atom stereocenters. The van der Waals surface area contributed by atoms with Crippen LogP contribution in [0.5, 0.6) is 23.1 Å². The minimum absolute atomic E-state index is 0.0709. The van der Waals surface area contributed by atoms with E-state index in [-0.39, 0.29) is 35.4 Å². The number of hydrogen-bond donors (Lipinski definition) is 2. The zero-order valence-corrected chi connectivity index (χ0v) is 17.1. The van der Waals surface area contributed by atoms with Gasteiger partial charge in [-0.15, -0.1) is 0 Å². The van der Waals surface area contributed by atoms with Crippen LogP contribution < -0.4 is 19.5 Å². The lowest BCUT2D eigenvalue weighted by atomic mass is 10.1. The average molecular weight is 457 g/mol. The highest BCUT2D eigenvalue weighted by Gasteiger charge is 2.24. The van der Waals surface area contributed by atoms with Gasteiger partial charge in [0.15, 0.2) is 17.4 Å². The fourth-order valence-electron chi connectivity index (χ4n) is 3.64. The van der Waals surface area contributed by atoms with E-state index in [4.69, 9.17) is 14.2 Å². The number of ether oxygens (including phenoxy) is 3. The standard InChI is InChI=1S/C23H18F3N3O4/c24-6-7-31-14-11-15(25)21(16(26)12-14)22-23(29-19(28-22)2-1-3-20(29)30)27-13-4-5-17-18(10-13)33-9-8-32-17/h1-5,10-12,27,30H,6-9H2. The molecule has 0 fully saturated rings. The van der Waals surface area contributed by atoms with E-state index < -0.39 is 23.9 Å². The molecule has 0 aliphatic carbocycles. The zero-order valence-electron chi connectivity index (χ0n) is 17.1. The lowest BCUT2D eigenvalue weighted by Gasteiger charge is -2.19. The molecule has 2 aromatic carbocycles. The van der Waals surface area contributed by atoms with Crippen molar-refractivity contribution < 1.29 is 32.5 Å². The van der Waals surface area contributed by atoms with E-state index in [0.717, 1.165) is 12.1 Å². The number of alkyl halides is 1. The van der Waals surface area contributed by atoms with Crippen molar-refractivity contribution in [2.75, 3.05) is 31.8 Å². The first-order valence-corrected chi connectivity index (χ1v) is 10.1. The summed E-state index contributed by atoms with van der Waals surface area (Å²) >= 11 is 0. The van der Waals surface area contributed by atoms with E-state index in [9.17, 15) is 9.50 Å². The van der Waals surface area contributed by atoms with E-state index in [1.807, 2.05) is 0 Å². The Morgan fingerprint density at radius 1 is 1.03 bits per heavy atom. The number of pyridine rings is 1. The molecule has 2 N–H and O–H groups in total. The van der Waals surface area contributed by atoms with Crippen molar-refractivity contribution in [3.8, 4) is 34.4 Å². The summed E-state index contributed by atoms with van der Waals surface area (Å²) in [6.07, 6.45) is 0. The molecule has 0 saturated heterocycles. The van der Waals surface area contributed by atoms with Gasteiger partial charge in [-0.2, -0.15) is 0 Å². The first-order chi connectivity index (χ1) is 16.0. The Balaban J connectivity index is 1.64. The highest BCUT2D eigenvalue weighted by Crippen LogP contribution is 2.39. The predicted molar refractivity (Wildman–Crippen MR) is 114 cm³/mol. The Labute approximate surface area is 186 Å². The maximum Gasteiger partial charge on any atom is 0.198 e. The van der Waals surface area contributed by atoms with Crippen LogP contribution in [-0.2, 0) is 0 Å². The van der Waals surface area contributed by atoms with Gasteiger partial charge in [0.2, 0.25) is 0 Å². The Morgan fingerprint density at radius 2 is 1.79 bits per heavy atom. The fraction of sp³-hybridized carbons (Fsp3) is 0.174. The van der Waals surface area contributed by atoms with Crippen LogP contribution in [0.15, 0.2) is 48.5 Å². The lowest BCUT2D eigenvalue weighted by Crippen LogP contribution is -2.15. The van der Waals surface area contributed by atoms with Crippen molar-refractivity contribution in [3.63, 3.8) is 0 Å². The fourth-order valence-corrected chi connectivity index (χ4v) is 3.64. The smallest absolute Gasteiger partial charge is 0.198 e. The summed E-state index contributed by atoms with van der Waals surface area (Å²) < 4.78 is 59.8. The van der Waals surface area contributed by atoms with Crippen LogP contribution >= 0.6 is 0 Å². The summed E-state index contributed by atoms with van der Waals surface area (Å²) in [5.41, 5.74) is 0.292. The molecule has 33 heavy (non-hydrogen) atoms. The van der Waals surface area contributed by atoms with Crippen molar-refractivity contribution in [2.24, 2.45) is 0 Å². The van der Waals surface area contributed by atoms with Crippen LogP contribution in [0.25, 0.3) is 16.9 Å². The summed E-state index contributed by atoms with van der Waals surface area (Å²) in [6, 6.07) is 11.6. The number of hydrogen-bond acceptors (Lipinski definition) is 6. The summed E-state index contributed by atoms with van der Waals surface area (Å²) in [7, 11) is 0. The SMILES string of the molecule is Oc1cccc2nc(-c3c(F)cc(OCCF)cc3F)c(Nc3ccc4c(c3)OCCO4)n12. The van der Waals surface area contributed by atoms with Crippen LogP contribution in [0.4, 0.5) is 24.7 Å². The zero-order chi connectivity index (χ0) is 22.9. The van der Waals surface area contributed by atoms with Crippen molar-refractivity contribution >= 4 is 17.2 Å². The van der Waals surface area contributed by atoms with Gasteiger partial charge in [0.05, 0.1) is 5.56 Å². The van der Waals surface area contributed by atoms with E-state index >= 15 is 8.78 Å². The summed E-state index contributed by atoms with van der Waals surface area (Å²) in [5.74, 6) is -0.995. The van der Waals surface area contributed by atoms with Gasteiger partial charge in [-0.05, 0) is 24.3 Å². The number of aromatic hydroxyl groups is 1. The number of aromatic nitrogens is 2. The highest BCUT2D eigenvalue weighted by molar-refractivity contribution is 5.81. The second kappa shape index (κ2) is 8.45. The predicted octanol–water partition coefficient (Wildman–Crippen LogP) is 4.85. The third-order valence-electron chi connectivity index (χ3n) is 5.03. The lowest BCUT2D eigenvalue weighted by molar-refractivity contribution is 0.171. The Kier molecular flexibility index (Phi) is 5.33. The number of anilines is 2. The van der Waals surface area contributed by atoms with Crippen LogP contribution in [0, 0.1) is 11.6 Å².